The van der Waals surface area contributed by atoms with E-state index in [9.17, 15) is 0 Å². The molecular weight excluding hydrogens is 169 g/mol. The van der Waals surface area contributed by atoms with Gasteiger partial charge in [-0.3, -0.25) is 0 Å². The van der Waals surface area contributed by atoms with Crippen molar-refractivity contribution in [1.82, 2.24) is 0 Å². The summed E-state index contributed by atoms with van der Waals surface area (Å²) >= 11 is 0. The van der Waals surface area contributed by atoms with Gasteiger partial charge in [-0.05, 0) is 20.3 Å². The molecule has 0 aromatic heterocycles. The van der Waals surface area contributed by atoms with Gasteiger partial charge in [0.15, 0.2) is 0 Å². The number of aliphatic hydroxyl groups is 1. The van der Waals surface area contributed by atoms with Crippen molar-refractivity contribution in [3.05, 3.63) is 0 Å². The van der Waals surface area contributed by atoms with E-state index in [1.54, 1.807) is 13.8 Å². The van der Waals surface area contributed by atoms with Crippen LogP contribution >= 0.6 is 0 Å². The largest absolute Gasteiger partial charge is 0.390 e. The molecule has 0 bridgehead atoms. The van der Waals surface area contributed by atoms with E-state index < -0.39 is 5.60 Å². The Balaban J connectivity index is 0. The van der Waals surface area contributed by atoms with Gasteiger partial charge in [-0.2, -0.15) is 0 Å². The van der Waals surface area contributed by atoms with Crippen LogP contribution in [0.1, 0.15) is 27.2 Å². The van der Waals surface area contributed by atoms with Crippen LogP contribution in [0, 0.1) is 0 Å². The van der Waals surface area contributed by atoms with Gasteiger partial charge < -0.3 is 5.11 Å². The van der Waals surface area contributed by atoms with Crippen molar-refractivity contribution in [2.45, 2.75) is 32.8 Å². The third-order valence-corrected chi connectivity index (χ3v) is 0.865. The van der Waals surface area contributed by atoms with Crippen molar-refractivity contribution in [3.63, 3.8) is 0 Å². The average Bonchev–Trinajstić information content (AvgIpc) is 1.35. The summed E-state index contributed by atoms with van der Waals surface area (Å²) in [6.45, 7) is 5.56. The molecule has 0 fully saturated rings. The van der Waals surface area contributed by atoms with Crippen LogP contribution in [0.2, 0.25) is 0 Å². The first-order chi connectivity index (χ1) is 2.56. The Labute approximate surface area is 60.6 Å². The Hall–Kier alpha value is 0.700. The van der Waals surface area contributed by atoms with Gasteiger partial charge in [-0.25, -0.2) is 0 Å². The fourth-order valence-corrected chi connectivity index (χ4v) is 0. The SMILES string of the molecule is CCC(C)(C)O.[Nb]. The molecule has 0 heterocycles. The first-order valence-corrected chi connectivity index (χ1v) is 2.28. The molecule has 7 heavy (non-hydrogen) atoms. The summed E-state index contributed by atoms with van der Waals surface area (Å²) < 4.78 is 0. The summed E-state index contributed by atoms with van der Waals surface area (Å²) in [7, 11) is 0. The van der Waals surface area contributed by atoms with Crippen molar-refractivity contribution in [2.75, 3.05) is 0 Å². The molecule has 1 radical (unpaired) electrons. The van der Waals surface area contributed by atoms with Gasteiger partial charge in [0.2, 0.25) is 0 Å². The molecule has 43 valence electrons. The molecule has 0 atom stereocenters. The zero-order valence-corrected chi connectivity index (χ0v) is 7.30. The minimum absolute atomic E-state index is 0. The first-order valence-electron chi connectivity index (χ1n) is 2.28. The Morgan fingerprint density at radius 2 is 1.57 bits per heavy atom. The van der Waals surface area contributed by atoms with Crippen LogP contribution in [-0.2, 0) is 22.4 Å². The zero-order chi connectivity index (χ0) is 5.21. The van der Waals surface area contributed by atoms with Crippen molar-refractivity contribution in [2.24, 2.45) is 0 Å². The molecule has 0 aromatic rings. The molecule has 0 amide bonds. The van der Waals surface area contributed by atoms with E-state index in [1.165, 1.54) is 0 Å². The van der Waals surface area contributed by atoms with Crippen LogP contribution in [-0.4, -0.2) is 10.7 Å². The van der Waals surface area contributed by atoms with Gasteiger partial charge in [0.25, 0.3) is 0 Å². The molecule has 0 aromatic carbocycles. The van der Waals surface area contributed by atoms with E-state index >= 15 is 0 Å². The van der Waals surface area contributed by atoms with E-state index in [0.29, 0.717) is 0 Å². The van der Waals surface area contributed by atoms with Crippen molar-refractivity contribution >= 4 is 0 Å². The molecule has 2 heteroatoms. The van der Waals surface area contributed by atoms with Crippen LogP contribution in [0.15, 0.2) is 0 Å². The predicted molar refractivity (Wildman–Crippen MR) is 26.6 cm³/mol. The van der Waals surface area contributed by atoms with E-state index in [-0.39, 0.29) is 22.4 Å². The maximum Gasteiger partial charge on any atom is 0.0589 e. The normalized spacial score (nSPS) is 10.3. The van der Waals surface area contributed by atoms with Crippen molar-refractivity contribution in [1.29, 1.82) is 0 Å². The summed E-state index contributed by atoms with van der Waals surface area (Å²) in [5, 5.41) is 8.83. The summed E-state index contributed by atoms with van der Waals surface area (Å²) in [5.74, 6) is 0. The number of hydrogen-bond acceptors (Lipinski definition) is 1. The number of rotatable bonds is 1. The minimum atomic E-state index is -0.458. The van der Waals surface area contributed by atoms with Crippen molar-refractivity contribution in [3.8, 4) is 0 Å². The second-order valence-electron chi connectivity index (χ2n) is 2.17. The summed E-state index contributed by atoms with van der Waals surface area (Å²) in [4.78, 5) is 0. The third kappa shape index (κ3) is 10.8. The first kappa shape index (κ1) is 10.6. The summed E-state index contributed by atoms with van der Waals surface area (Å²) in [6, 6.07) is 0. The third-order valence-electron chi connectivity index (χ3n) is 0.865. The molecule has 0 aliphatic heterocycles. The fourth-order valence-electron chi connectivity index (χ4n) is 0. The van der Waals surface area contributed by atoms with Crippen LogP contribution in [0.5, 0.6) is 0 Å². The quantitative estimate of drug-likeness (QED) is 0.602. The molecule has 0 aliphatic carbocycles. The Morgan fingerprint density at radius 1 is 1.43 bits per heavy atom. The monoisotopic (exact) mass is 181 g/mol. The molecule has 0 saturated carbocycles. The van der Waals surface area contributed by atoms with Crippen molar-refractivity contribution < 1.29 is 27.5 Å². The van der Waals surface area contributed by atoms with Crippen LogP contribution in [0.4, 0.5) is 0 Å². The molecule has 1 nitrogen and oxygen atoms in total. The minimum Gasteiger partial charge on any atom is -0.390 e. The van der Waals surface area contributed by atoms with Gasteiger partial charge in [-0.15, -0.1) is 0 Å². The maximum absolute atomic E-state index is 8.83. The van der Waals surface area contributed by atoms with Gasteiger partial charge in [0.05, 0.1) is 5.60 Å². The number of hydrogen-bond donors (Lipinski definition) is 1. The van der Waals surface area contributed by atoms with Gasteiger partial charge in [0.1, 0.15) is 0 Å². The molecule has 0 aliphatic rings. The molecule has 0 spiro atoms. The van der Waals surface area contributed by atoms with Gasteiger partial charge in [0, 0.05) is 22.4 Å². The maximum atomic E-state index is 8.83. The summed E-state index contributed by atoms with van der Waals surface area (Å²) in [5.41, 5.74) is -0.458. The fraction of sp³-hybridized carbons (Fsp3) is 1.00. The zero-order valence-electron chi connectivity index (χ0n) is 5.10. The molecule has 0 unspecified atom stereocenters. The van der Waals surface area contributed by atoms with Crippen LogP contribution in [0.25, 0.3) is 0 Å². The average molecular weight is 181 g/mol. The molecule has 1 N–H and O–H groups in total. The molecular formula is C5H12NbO. The Bertz CT molecular complexity index is 37.8. The van der Waals surface area contributed by atoms with E-state index in [4.69, 9.17) is 5.11 Å². The Kier molecular flexibility index (Phi) is 5.58. The van der Waals surface area contributed by atoms with Gasteiger partial charge >= 0.3 is 0 Å². The predicted octanol–water partition coefficient (Wildman–Crippen LogP) is 1.16. The molecule has 0 saturated heterocycles. The second-order valence-corrected chi connectivity index (χ2v) is 2.17. The summed E-state index contributed by atoms with van der Waals surface area (Å²) in [6.07, 6.45) is 0.826. The molecule has 0 rings (SSSR count). The standard InChI is InChI=1S/C5H12O.Nb/c1-4-5(2,3)6;/h6H,4H2,1-3H3;. The van der Waals surface area contributed by atoms with Crippen LogP contribution < -0.4 is 0 Å². The Morgan fingerprint density at radius 3 is 1.57 bits per heavy atom. The smallest absolute Gasteiger partial charge is 0.0589 e. The van der Waals surface area contributed by atoms with E-state index in [2.05, 4.69) is 0 Å². The topological polar surface area (TPSA) is 20.2 Å². The van der Waals surface area contributed by atoms with E-state index in [0.717, 1.165) is 6.42 Å². The second kappa shape index (κ2) is 3.67. The van der Waals surface area contributed by atoms with E-state index in [1.807, 2.05) is 6.92 Å². The van der Waals surface area contributed by atoms with Gasteiger partial charge in [-0.1, -0.05) is 6.92 Å². The van der Waals surface area contributed by atoms with Crippen LogP contribution in [0.3, 0.4) is 0 Å².